The summed E-state index contributed by atoms with van der Waals surface area (Å²) in [7, 11) is 0. The first-order valence-electron chi connectivity index (χ1n) is 3.96. The number of hydrogen-bond donors (Lipinski definition) is 1. The Labute approximate surface area is 74.0 Å². The van der Waals surface area contributed by atoms with Gasteiger partial charge in [-0.3, -0.25) is 0 Å². The molecule has 1 aliphatic carbocycles. The molecule has 5 heteroatoms. The Kier molecular flexibility index (Phi) is 1.60. The van der Waals surface area contributed by atoms with E-state index in [1.165, 1.54) is 12.4 Å². The number of nitrogens with zero attached hydrogens (tertiary/aromatic N) is 2. The summed E-state index contributed by atoms with van der Waals surface area (Å²) in [5.74, 6) is -2.34. The average Bonchev–Trinajstić information content (AvgIpc) is 2.02. The van der Waals surface area contributed by atoms with Crippen molar-refractivity contribution in [3.8, 4) is 0 Å². The minimum absolute atomic E-state index is 0.306. The van der Waals surface area contributed by atoms with Crippen LogP contribution in [-0.2, 0) is 5.54 Å². The number of alkyl halides is 2. The van der Waals surface area contributed by atoms with Gasteiger partial charge in [-0.05, 0) is 6.07 Å². The van der Waals surface area contributed by atoms with Crippen molar-refractivity contribution in [1.82, 2.24) is 9.97 Å². The van der Waals surface area contributed by atoms with E-state index in [2.05, 4.69) is 9.97 Å². The van der Waals surface area contributed by atoms with E-state index in [1.807, 2.05) is 0 Å². The maximum absolute atomic E-state index is 12.6. The Morgan fingerprint density at radius 3 is 2.23 bits per heavy atom. The predicted molar refractivity (Wildman–Crippen MR) is 42.1 cm³/mol. The zero-order valence-corrected chi connectivity index (χ0v) is 6.87. The summed E-state index contributed by atoms with van der Waals surface area (Å²) in [6.45, 7) is 0. The van der Waals surface area contributed by atoms with Crippen LogP contribution in [0.1, 0.15) is 18.7 Å². The lowest BCUT2D eigenvalue weighted by Gasteiger charge is -2.42. The van der Waals surface area contributed by atoms with Gasteiger partial charge in [0.2, 0.25) is 0 Å². The molecule has 2 N–H and O–H groups in total. The molecule has 13 heavy (non-hydrogen) atoms. The van der Waals surface area contributed by atoms with Gasteiger partial charge >= 0.3 is 0 Å². The molecule has 1 aromatic rings. The molecule has 0 spiro atoms. The first kappa shape index (κ1) is 8.50. The van der Waals surface area contributed by atoms with Gasteiger partial charge in [0.15, 0.2) is 0 Å². The Morgan fingerprint density at radius 2 is 1.77 bits per heavy atom. The van der Waals surface area contributed by atoms with Gasteiger partial charge in [-0.1, -0.05) is 0 Å². The van der Waals surface area contributed by atoms with Crippen molar-refractivity contribution < 1.29 is 8.78 Å². The highest BCUT2D eigenvalue weighted by Gasteiger charge is 2.56. The molecule has 1 heterocycles. The van der Waals surface area contributed by atoms with Crippen LogP contribution in [0.3, 0.4) is 0 Å². The van der Waals surface area contributed by atoms with E-state index >= 15 is 0 Å². The summed E-state index contributed by atoms with van der Waals surface area (Å²) >= 11 is 0. The van der Waals surface area contributed by atoms with Crippen LogP contribution in [0.5, 0.6) is 0 Å². The number of aromatic nitrogens is 2. The Bertz CT molecular complexity index is 304. The minimum Gasteiger partial charge on any atom is -0.318 e. The van der Waals surface area contributed by atoms with Crippen LogP contribution in [0.15, 0.2) is 18.5 Å². The average molecular weight is 185 g/mol. The van der Waals surface area contributed by atoms with Crippen LogP contribution >= 0.6 is 0 Å². The van der Waals surface area contributed by atoms with Crippen molar-refractivity contribution in [2.24, 2.45) is 5.73 Å². The molecular weight excluding hydrogens is 176 g/mol. The minimum atomic E-state index is -2.64. The molecule has 1 fully saturated rings. The van der Waals surface area contributed by atoms with Gasteiger partial charge in [0.1, 0.15) is 5.82 Å². The van der Waals surface area contributed by atoms with Crippen molar-refractivity contribution in [3.63, 3.8) is 0 Å². The summed E-state index contributed by atoms with van der Waals surface area (Å²) in [6.07, 6.45) is 2.30. The highest BCUT2D eigenvalue weighted by molar-refractivity contribution is 5.14. The largest absolute Gasteiger partial charge is 0.318 e. The van der Waals surface area contributed by atoms with Crippen LogP contribution in [0, 0.1) is 0 Å². The lowest BCUT2D eigenvalue weighted by Crippen LogP contribution is -2.56. The van der Waals surface area contributed by atoms with Crippen molar-refractivity contribution in [3.05, 3.63) is 24.3 Å². The molecule has 1 aromatic heterocycles. The smallest absolute Gasteiger partial charge is 0.252 e. The first-order valence-corrected chi connectivity index (χ1v) is 3.96. The molecule has 0 amide bonds. The lowest BCUT2D eigenvalue weighted by molar-refractivity contribution is -0.127. The standard InChI is InChI=1S/C8H9F2N3/c9-8(10)4-7(11,5-8)6-12-2-1-3-13-6/h1-3H,4-5,11H2. The van der Waals surface area contributed by atoms with E-state index in [0.717, 1.165) is 0 Å². The Morgan fingerprint density at radius 1 is 1.23 bits per heavy atom. The fourth-order valence-electron chi connectivity index (χ4n) is 1.59. The summed E-state index contributed by atoms with van der Waals surface area (Å²) in [5.41, 5.74) is 4.67. The molecule has 3 nitrogen and oxygen atoms in total. The quantitative estimate of drug-likeness (QED) is 0.711. The molecule has 70 valence electrons. The van der Waals surface area contributed by atoms with E-state index in [0.29, 0.717) is 5.82 Å². The van der Waals surface area contributed by atoms with Crippen LogP contribution in [0.25, 0.3) is 0 Å². The second-order valence-corrected chi connectivity index (χ2v) is 3.44. The molecule has 0 aromatic carbocycles. The van der Waals surface area contributed by atoms with Crippen molar-refractivity contribution in [1.29, 1.82) is 0 Å². The predicted octanol–water partition coefficient (Wildman–Crippen LogP) is 1.06. The molecular formula is C8H9F2N3. The van der Waals surface area contributed by atoms with E-state index in [-0.39, 0.29) is 12.8 Å². The number of hydrogen-bond acceptors (Lipinski definition) is 3. The molecule has 0 unspecified atom stereocenters. The fraction of sp³-hybridized carbons (Fsp3) is 0.500. The van der Waals surface area contributed by atoms with Crippen LogP contribution in [0.2, 0.25) is 0 Å². The normalized spacial score (nSPS) is 23.6. The van der Waals surface area contributed by atoms with Gasteiger partial charge < -0.3 is 5.73 Å². The molecule has 0 saturated heterocycles. The monoisotopic (exact) mass is 185 g/mol. The second-order valence-electron chi connectivity index (χ2n) is 3.44. The molecule has 0 atom stereocenters. The first-order chi connectivity index (χ1) is 6.02. The van der Waals surface area contributed by atoms with Crippen LogP contribution in [0.4, 0.5) is 8.78 Å². The van der Waals surface area contributed by atoms with Gasteiger partial charge in [-0.15, -0.1) is 0 Å². The Hall–Kier alpha value is -1.10. The van der Waals surface area contributed by atoms with Gasteiger partial charge in [0.25, 0.3) is 5.92 Å². The van der Waals surface area contributed by atoms with E-state index in [9.17, 15) is 8.78 Å². The highest BCUT2D eigenvalue weighted by atomic mass is 19.3. The molecule has 2 rings (SSSR count). The third-order valence-electron chi connectivity index (χ3n) is 2.16. The third kappa shape index (κ3) is 1.39. The van der Waals surface area contributed by atoms with E-state index < -0.39 is 11.5 Å². The zero-order chi connectivity index (χ0) is 9.53. The SMILES string of the molecule is NC1(c2ncccn2)CC(F)(F)C1. The second kappa shape index (κ2) is 2.45. The van der Waals surface area contributed by atoms with Gasteiger partial charge in [-0.2, -0.15) is 0 Å². The van der Waals surface area contributed by atoms with Gasteiger partial charge in [-0.25, -0.2) is 18.7 Å². The number of halogens is 2. The topological polar surface area (TPSA) is 51.8 Å². The molecule has 1 saturated carbocycles. The van der Waals surface area contributed by atoms with Crippen LogP contribution in [-0.4, -0.2) is 15.9 Å². The molecule has 0 bridgehead atoms. The molecule has 1 aliphatic rings. The lowest BCUT2D eigenvalue weighted by atomic mass is 9.73. The maximum atomic E-state index is 12.6. The van der Waals surface area contributed by atoms with Gasteiger partial charge in [0.05, 0.1) is 5.54 Å². The van der Waals surface area contributed by atoms with Crippen molar-refractivity contribution in [2.45, 2.75) is 24.3 Å². The number of nitrogens with two attached hydrogens (primary N) is 1. The summed E-state index contributed by atoms with van der Waals surface area (Å²) in [6, 6.07) is 1.63. The summed E-state index contributed by atoms with van der Waals surface area (Å²) in [5, 5.41) is 0. The molecule has 0 aliphatic heterocycles. The molecule has 0 radical (unpaired) electrons. The third-order valence-corrected chi connectivity index (χ3v) is 2.16. The summed E-state index contributed by atoms with van der Waals surface area (Å²) < 4.78 is 25.2. The van der Waals surface area contributed by atoms with Crippen molar-refractivity contribution >= 4 is 0 Å². The van der Waals surface area contributed by atoms with E-state index in [1.54, 1.807) is 6.07 Å². The van der Waals surface area contributed by atoms with E-state index in [4.69, 9.17) is 5.73 Å². The zero-order valence-electron chi connectivity index (χ0n) is 6.87. The maximum Gasteiger partial charge on any atom is 0.252 e. The van der Waals surface area contributed by atoms with Gasteiger partial charge in [0, 0.05) is 25.2 Å². The fourth-order valence-corrected chi connectivity index (χ4v) is 1.59. The Balaban J connectivity index is 2.21. The number of rotatable bonds is 1. The van der Waals surface area contributed by atoms with Crippen LogP contribution < -0.4 is 5.73 Å². The highest BCUT2D eigenvalue weighted by Crippen LogP contribution is 2.48. The van der Waals surface area contributed by atoms with Crippen molar-refractivity contribution in [2.75, 3.05) is 0 Å². The summed E-state index contributed by atoms with van der Waals surface area (Å²) in [4.78, 5) is 7.74.